The fraction of sp³-hybridized carbons (Fsp3) is 0.188. The number of urea groups is 1. The Morgan fingerprint density at radius 3 is 2.24 bits per heavy atom. The van der Waals surface area contributed by atoms with Crippen molar-refractivity contribution in [2.75, 3.05) is 0 Å². The molecule has 0 atom stereocenters. The SMILES string of the molecule is NCc1cccc(CNC(=O)NCc2ccc(F)cc2)c1. The van der Waals surface area contributed by atoms with Gasteiger partial charge < -0.3 is 16.4 Å². The quantitative estimate of drug-likeness (QED) is 0.790. The number of amides is 2. The summed E-state index contributed by atoms with van der Waals surface area (Å²) in [4.78, 5) is 11.7. The first kappa shape index (κ1) is 15.0. The predicted molar refractivity (Wildman–Crippen MR) is 79.8 cm³/mol. The van der Waals surface area contributed by atoms with Crippen molar-refractivity contribution in [2.24, 2.45) is 5.73 Å². The summed E-state index contributed by atoms with van der Waals surface area (Å²) in [5.74, 6) is -0.289. The van der Waals surface area contributed by atoms with Gasteiger partial charge in [0.05, 0.1) is 0 Å². The molecule has 2 amide bonds. The minimum absolute atomic E-state index is 0.266. The van der Waals surface area contributed by atoms with Gasteiger partial charge in [0.15, 0.2) is 0 Å². The predicted octanol–water partition coefficient (Wildman–Crippen LogP) is 2.28. The summed E-state index contributed by atoms with van der Waals surface area (Å²) in [5, 5.41) is 5.49. The van der Waals surface area contributed by atoms with E-state index < -0.39 is 0 Å². The summed E-state index contributed by atoms with van der Waals surface area (Å²) in [6.45, 7) is 1.27. The van der Waals surface area contributed by atoms with E-state index in [4.69, 9.17) is 5.73 Å². The Morgan fingerprint density at radius 1 is 0.952 bits per heavy atom. The Labute approximate surface area is 123 Å². The van der Waals surface area contributed by atoms with Crippen molar-refractivity contribution >= 4 is 6.03 Å². The molecule has 0 saturated heterocycles. The number of carbonyl (C=O) groups is 1. The fourth-order valence-corrected chi connectivity index (χ4v) is 1.90. The highest BCUT2D eigenvalue weighted by Gasteiger charge is 2.01. The van der Waals surface area contributed by atoms with E-state index >= 15 is 0 Å². The highest BCUT2D eigenvalue weighted by atomic mass is 19.1. The summed E-state index contributed by atoms with van der Waals surface area (Å²) in [7, 11) is 0. The molecule has 0 spiro atoms. The number of carbonyl (C=O) groups excluding carboxylic acids is 1. The van der Waals surface area contributed by atoms with Crippen LogP contribution in [0.25, 0.3) is 0 Å². The molecule has 0 radical (unpaired) electrons. The molecule has 2 rings (SSSR count). The molecule has 4 N–H and O–H groups in total. The van der Waals surface area contributed by atoms with Gasteiger partial charge in [-0.3, -0.25) is 0 Å². The molecule has 4 nitrogen and oxygen atoms in total. The van der Waals surface area contributed by atoms with E-state index in [-0.39, 0.29) is 11.8 Å². The van der Waals surface area contributed by atoms with E-state index in [1.54, 1.807) is 12.1 Å². The van der Waals surface area contributed by atoms with Gasteiger partial charge in [0, 0.05) is 19.6 Å². The molecule has 2 aromatic carbocycles. The van der Waals surface area contributed by atoms with E-state index in [2.05, 4.69) is 10.6 Å². The van der Waals surface area contributed by atoms with Crippen LogP contribution in [0.3, 0.4) is 0 Å². The fourth-order valence-electron chi connectivity index (χ4n) is 1.90. The average molecular weight is 287 g/mol. The molecule has 0 fully saturated rings. The lowest BCUT2D eigenvalue weighted by Gasteiger charge is -2.08. The second kappa shape index (κ2) is 7.40. The molecule has 5 heteroatoms. The summed E-state index contributed by atoms with van der Waals surface area (Å²) >= 11 is 0. The lowest BCUT2D eigenvalue weighted by molar-refractivity contribution is 0.240. The number of nitrogens with two attached hydrogens (primary N) is 1. The Morgan fingerprint density at radius 2 is 1.57 bits per heavy atom. The smallest absolute Gasteiger partial charge is 0.315 e. The van der Waals surface area contributed by atoms with Gasteiger partial charge in [-0.25, -0.2) is 9.18 Å². The molecule has 0 aliphatic heterocycles. The molecule has 21 heavy (non-hydrogen) atoms. The summed E-state index contributed by atoms with van der Waals surface area (Å²) in [5.41, 5.74) is 8.44. The topological polar surface area (TPSA) is 67.1 Å². The van der Waals surface area contributed by atoms with Gasteiger partial charge in [-0.05, 0) is 28.8 Å². The molecular formula is C16H18FN3O. The van der Waals surface area contributed by atoms with Crippen LogP contribution in [0.1, 0.15) is 16.7 Å². The molecule has 0 heterocycles. The van der Waals surface area contributed by atoms with Crippen LogP contribution in [0, 0.1) is 5.82 Å². The van der Waals surface area contributed by atoms with Crippen molar-refractivity contribution < 1.29 is 9.18 Å². The van der Waals surface area contributed by atoms with E-state index in [1.165, 1.54) is 12.1 Å². The maximum Gasteiger partial charge on any atom is 0.315 e. The number of hydrogen-bond acceptors (Lipinski definition) is 2. The minimum atomic E-state index is -0.289. The van der Waals surface area contributed by atoms with E-state index in [0.717, 1.165) is 16.7 Å². The monoisotopic (exact) mass is 287 g/mol. The molecule has 0 saturated carbocycles. The van der Waals surface area contributed by atoms with Crippen molar-refractivity contribution in [1.29, 1.82) is 0 Å². The maximum absolute atomic E-state index is 12.7. The zero-order valence-corrected chi connectivity index (χ0v) is 11.6. The lowest BCUT2D eigenvalue weighted by atomic mass is 10.1. The summed E-state index contributed by atoms with van der Waals surface area (Å²) in [6.07, 6.45) is 0. The number of nitrogens with one attached hydrogen (secondary N) is 2. The Kier molecular flexibility index (Phi) is 5.29. The van der Waals surface area contributed by atoms with Crippen LogP contribution >= 0.6 is 0 Å². The molecule has 2 aromatic rings. The van der Waals surface area contributed by atoms with Crippen molar-refractivity contribution in [2.45, 2.75) is 19.6 Å². The first-order chi connectivity index (χ1) is 10.2. The Bertz CT molecular complexity index is 599. The Balaban J connectivity index is 1.78. The standard InChI is InChI=1S/C16H18FN3O/c17-15-6-4-12(5-7-15)10-19-16(21)20-11-14-3-1-2-13(8-14)9-18/h1-8H,9-11,18H2,(H2,19,20,21). The highest BCUT2D eigenvalue weighted by molar-refractivity contribution is 5.73. The van der Waals surface area contributed by atoms with Gasteiger partial charge in [-0.1, -0.05) is 36.4 Å². The van der Waals surface area contributed by atoms with Crippen LogP contribution in [0.15, 0.2) is 48.5 Å². The van der Waals surface area contributed by atoms with Crippen LogP contribution in [-0.4, -0.2) is 6.03 Å². The third kappa shape index (κ3) is 4.89. The van der Waals surface area contributed by atoms with Crippen LogP contribution in [0.5, 0.6) is 0 Å². The molecule has 0 aliphatic rings. The maximum atomic E-state index is 12.7. The number of halogens is 1. The van der Waals surface area contributed by atoms with Crippen molar-refractivity contribution in [1.82, 2.24) is 10.6 Å². The van der Waals surface area contributed by atoms with Crippen molar-refractivity contribution in [3.8, 4) is 0 Å². The zero-order chi connectivity index (χ0) is 15.1. The van der Waals surface area contributed by atoms with E-state index in [0.29, 0.717) is 19.6 Å². The largest absolute Gasteiger partial charge is 0.334 e. The van der Waals surface area contributed by atoms with Gasteiger partial charge in [0.2, 0.25) is 0 Å². The first-order valence-corrected chi connectivity index (χ1v) is 6.71. The van der Waals surface area contributed by atoms with Crippen LogP contribution < -0.4 is 16.4 Å². The summed E-state index contributed by atoms with van der Waals surface area (Å²) < 4.78 is 12.7. The summed E-state index contributed by atoms with van der Waals surface area (Å²) in [6, 6.07) is 13.5. The van der Waals surface area contributed by atoms with Gasteiger partial charge in [0.1, 0.15) is 5.82 Å². The minimum Gasteiger partial charge on any atom is -0.334 e. The van der Waals surface area contributed by atoms with Crippen LogP contribution in [-0.2, 0) is 19.6 Å². The molecule has 0 unspecified atom stereocenters. The van der Waals surface area contributed by atoms with Gasteiger partial charge >= 0.3 is 6.03 Å². The van der Waals surface area contributed by atoms with Gasteiger partial charge in [-0.15, -0.1) is 0 Å². The zero-order valence-electron chi connectivity index (χ0n) is 11.6. The second-order valence-electron chi connectivity index (χ2n) is 4.69. The van der Waals surface area contributed by atoms with Crippen LogP contribution in [0.4, 0.5) is 9.18 Å². The van der Waals surface area contributed by atoms with E-state index in [1.807, 2.05) is 24.3 Å². The molecule has 0 aliphatic carbocycles. The first-order valence-electron chi connectivity index (χ1n) is 6.71. The van der Waals surface area contributed by atoms with E-state index in [9.17, 15) is 9.18 Å². The third-order valence-corrected chi connectivity index (χ3v) is 3.05. The second-order valence-corrected chi connectivity index (χ2v) is 4.69. The molecule has 0 bridgehead atoms. The van der Waals surface area contributed by atoms with Crippen molar-refractivity contribution in [3.63, 3.8) is 0 Å². The number of benzene rings is 2. The highest BCUT2D eigenvalue weighted by Crippen LogP contribution is 2.04. The Hall–Kier alpha value is -2.40. The number of rotatable bonds is 5. The number of hydrogen-bond donors (Lipinski definition) is 3. The van der Waals surface area contributed by atoms with Crippen molar-refractivity contribution in [3.05, 3.63) is 71.0 Å². The third-order valence-electron chi connectivity index (χ3n) is 3.05. The normalized spacial score (nSPS) is 10.2. The van der Waals surface area contributed by atoms with Crippen LogP contribution in [0.2, 0.25) is 0 Å². The van der Waals surface area contributed by atoms with Gasteiger partial charge in [-0.2, -0.15) is 0 Å². The molecule has 110 valence electrons. The van der Waals surface area contributed by atoms with Gasteiger partial charge in [0.25, 0.3) is 0 Å². The average Bonchev–Trinajstić information content (AvgIpc) is 2.52. The lowest BCUT2D eigenvalue weighted by Crippen LogP contribution is -2.34. The molecule has 0 aromatic heterocycles. The molecular weight excluding hydrogens is 269 g/mol.